The fourth-order valence-corrected chi connectivity index (χ4v) is 2.71. The van der Waals surface area contributed by atoms with Gasteiger partial charge in [0.15, 0.2) is 5.58 Å². The summed E-state index contributed by atoms with van der Waals surface area (Å²) in [7, 11) is 1.60. The molecule has 0 atom stereocenters. The van der Waals surface area contributed by atoms with Gasteiger partial charge in [-0.3, -0.25) is 0 Å². The minimum atomic E-state index is 0.330. The Balaban J connectivity index is 2.27. The van der Waals surface area contributed by atoms with E-state index in [0.29, 0.717) is 32.1 Å². The van der Waals surface area contributed by atoms with E-state index in [1.165, 1.54) is 0 Å². The van der Waals surface area contributed by atoms with Crippen LogP contribution in [0, 0.1) is 0 Å². The topological polar surface area (TPSA) is 55.0 Å². The van der Waals surface area contributed by atoms with Crippen molar-refractivity contribution in [3.63, 3.8) is 0 Å². The van der Waals surface area contributed by atoms with Gasteiger partial charge in [-0.25, -0.2) is 0 Å². The highest BCUT2D eigenvalue weighted by atomic mass is 35.5. The zero-order valence-electron chi connectivity index (χ0n) is 11.5. The molecule has 2 aromatic carbocycles. The predicted molar refractivity (Wildman–Crippen MR) is 85.6 cm³/mol. The van der Waals surface area contributed by atoms with Crippen molar-refractivity contribution >= 4 is 34.2 Å². The average molecular weight is 336 g/mol. The zero-order chi connectivity index (χ0) is 15.7. The summed E-state index contributed by atoms with van der Waals surface area (Å²) in [6.07, 6.45) is 0. The van der Waals surface area contributed by atoms with Gasteiger partial charge >= 0.3 is 0 Å². The van der Waals surface area contributed by atoms with Crippen LogP contribution >= 0.6 is 23.2 Å². The van der Waals surface area contributed by atoms with Gasteiger partial charge in [-0.15, -0.1) is 0 Å². The van der Waals surface area contributed by atoms with Gasteiger partial charge in [0.25, 0.3) is 0 Å². The number of benzene rings is 2. The van der Waals surface area contributed by atoms with Crippen LogP contribution in [-0.2, 0) is 0 Å². The molecule has 0 aliphatic carbocycles. The van der Waals surface area contributed by atoms with Gasteiger partial charge in [0.1, 0.15) is 16.9 Å². The van der Waals surface area contributed by atoms with Crippen LogP contribution in [0.3, 0.4) is 0 Å². The third kappa shape index (κ3) is 2.63. The number of ether oxygens (including phenoxy) is 1. The molecule has 3 aromatic rings. The number of nitrogens with zero attached hydrogens (tertiary/aromatic N) is 1. The first-order valence-electron chi connectivity index (χ1n) is 6.38. The maximum atomic E-state index is 9.25. The van der Waals surface area contributed by atoms with Gasteiger partial charge < -0.3 is 14.4 Å². The Kier molecular flexibility index (Phi) is 3.96. The molecular formula is C16H11Cl2NO3. The Hall–Kier alpha value is -2.17. The van der Waals surface area contributed by atoms with Crippen molar-refractivity contribution in [1.82, 2.24) is 0 Å². The van der Waals surface area contributed by atoms with Gasteiger partial charge in [-0.2, -0.15) is 0 Å². The van der Waals surface area contributed by atoms with Gasteiger partial charge in [-0.05, 0) is 36.4 Å². The van der Waals surface area contributed by atoms with Gasteiger partial charge in [0.05, 0.1) is 12.1 Å². The summed E-state index contributed by atoms with van der Waals surface area (Å²) in [5.41, 5.74) is 1.21. The minimum absolute atomic E-state index is 0.330. The molecule has 0 saturated carbocycles. The van der Waals surface area contributed by atoms with E-state index in [-0.39, 0.29) is 0 Å². The molecule has 4 nitrogen and oxygen atoms in total. The maximum Gasteiger partial charge on any atom is 0.155 e. The van der Waals surface area contributed by atoms with Crippen LogP contribution in [0.15, 0.2) is 52.0 Å². The van der Waals surface area contributed by atoms with Crippen molar-refractivity contribution in [1.29, 1.82) is 0 Å². The molecule has 6 heteroatoms. The highest BCUT2D eigenvalue weighted by molar-refractivity contribution is 6.38. The molecule has 22 heavy (non-hydrogen) atoms. The van der Waals surface area contributed by atoms with Crippen molar-refractivity contribution in [3.8, 4) is 17.1 Å². The molecule has 1 heterocycles. The van der Waals surface area contributed by atoms with Crippen LogP contribution in [0.5, 0.6) is 5.75 Å². The fraction of sp³-hybridized carbons (Fsp3) is 0.0625. The molecule has 0 unspecified atom stereocenters. The lowest BCUT2D eigenvalue weighted by molar-refractivity contribution is 0.302. The molecule has 0 saturated heterocycles. The van der Waals surface area contributed by atoms with Crippen molar-refractivity contribution in [3.05, 3.63) is 57.9 Å². The summed E-state index contributed by atoms with van der Waals surface area (Å²) in [6, 6.07) is 12.1. The molecule has 0 fully saturated rings. The summed E-state index contributed by atoms with van der Waals surface area (Å²) in [4.78, 5) is 0. The quantitative estimate of drug-likeness (QED) is 0.545. The highest BCUT2D eigenvalue weighted by Crippen LogP contribution is 2.30. The van der Waals surface area contributed by atoms with E-state index in [0.717, 1.165) is 11.3 Å². The van der Waals surface area contributed by atoms with Crippen molar-refractivity contribution in [2.24, 2.45) is 5.16 Å². The van der Waals surface area contributed by atoms with Crippen LogP contribution < -0.4 is 10.1 Å². The molecular weight excluding hydrogens is 325 g/mol. The lowest BCUT2D eigenvalue weighted by Crippen LogP contribution is -2.03. The van der Waals surface area contributed by atoms with Crippen LogP contribution in [-0.4, -0.2) is 12.3 Å². The number of hydrogen-bond acceptors (Lipinski definition) is 4. The van der Waals surface area contributed by atoms with Gasteiger partial charge in [-0.1, -0.05) is 28.4 Å². The number of fused-ring (bicyclic) bond motifs is 1. The summed E-state index contributed by atoms with van der Waals surface area (Å²) in [6.45, 7) is 0. The van der Waals surface area contributed by atoms with E-state index >= 15 is 0 Å². The monoisotopic (exact) mass is 335 g/mol. The normalized spacial score (nSPS) is 11.9. The van der Waals surface area contributed by atoms with Crippen molar-refractivity contribution in [2.45, 2.75) is 0 Å². The lowest BCUT2D eigenvalue weighted by atomic mass is 10.1. The molecule has 112 valence electrons. The molecule has 0 aliphatic heterocycles. The van der Waals surface area contributed by atoms with Gasteiger partial charge in [0.2, 0.25) is 0 Å². The second-order valence-corrected chi connectivity index (χ2v) is 5.43. The van der Waals surface area contributed by atoms with Crippen molar-refractivity contribution in [2.75, 3.05) is 7.11 Å². The first-order valence-corrected chi connectivity index (χ1v) is 7.13. The molecule has 0 radical (unpaired) electrons. The molecule has 0 amide bonds. The second kappa shape index (κ2) is 5.91. The van der Waals surface area contributed by atoms with E-state index in [2.05, 4.69) is 5.16 Å². The third-order valence-electron chi connectivity index (χ3n) is 3.25. The van der Waals surface area contributed by atoms with E-state index in [1.807, 2.05) is 24.3 Å². The van der Waals surface area contributed by atoms with Crippen molar-refractivity contribution < 1.29 is 14.4 Å². The first-order chi connectivity index (χ1) is 10.6. The average Bonchev–Trinajstić information content (AvgIpc) is 2.54. The molecule has 1 aromatic heterocycles. The zero-order valence-corrected chi connectivity index (χ0v) is 13.0. The van der Waals surface area contributed by atoms with E-state index in [1.54, 1.807) is 25.3 Å². The highest BCUT2D eigenvalue weighted by Gasteiger charge is 2.10. The Labute approximate surface area is 136 Å². The number of rotatable bonds is 2. The molecule has 0 bridgehead atoms. The van der Waals surface area contributed by atoms with Gasteiger partial charge in [0, 0.05) is 22.0 Å². The predicted octanol–water partition coefficient (Wildman–Crippen LogP) is 4.71. The summed E-state index contributed by atoms with van der Waals surface area (Å²) < 4.78 is 11.0. The Morgan fingerprint density at radius 3 is 2.45 bits per heavy atom. The Morgan fingerprint density at radius 1 is 1.09 bits per heavy atom. The third-order valence-corrected chi connectivity index (χ3v) is 3.75. The molecule has 0 spiro atoms. The molecule has 0 aliphatic rings. The van der Waals surface area contributed by atoms with Crippen LogP contribution in [0.4, 0.5) is 0 Å². The van der Waals surface area contributed by atoms with E-state index in [4.69, 9.17) is 32.4 Å². The number of methoxy groups -OCH3 is 1. The van der Waals surface area contributed by atoms with Crippen LogP contribution in [0.2, 0.25) is 10.0 Å². The minimum Gasteiger partial charge on any atom is -0.497 e. The second-order valence-electron chi connectivity index (χ2n) is 4.59. The number of hydrogen-bond donors (Lipinski definition) is 1. The number of halogens is 2. The molecule has 1 N–H and O–H groups in total. The standard InChI is InChI=1S/C16H11Cl2NO3/c1-21-11-4-2-9(3-5-11)15-8-14(19-20)12-6-10(17)7-13(18)16(12)22-15/h2-8,20H,1H3/b19-14-. The lowest BCUT2D eigenvalue weighted by Gasteiger charge is -2.07. The first kappa shape index (κ1) is 14.8. The Morgan fingerprint density at radius 2 is 1.82 bits per heavy atom. The largest absolute Gasteiger partial charge is 0.497 e. The Bertz CT molecular complexity index is 902. The maximum absolute atomic E-state index is 9.25. The smallest absolute Gasteiger partial charge is 0.155 e. The van der Waals surface area contributed by atoms with E-state index < -0.39 is 0 Å². The fourth-order valence-electron chi connectivity index (χ4n) is 2.18. The summed E-state index contributed by atoms with van der Waals surface area (Å²) in [5.74, 6) is 1.26. The molecule has 3 rings (SSSR count). The summed E-state index contributed by atoms with van der Waals surface area (Å²) >= 11 is 12.2. The van der Waals surface area contributed by atoms with E-state index in [9.17, 15) is 5.21 Å². The van der Waals surface area contributed by atoms with Crippen LogP contribution in [0.25, 0.3) is 22.3 Å². The van der Waals surface area contributed by atoms with Crippen LogP contribution in [0.1, 0.15) is 0 Å². The SMILES string of the molecule is COc1ccc(-c2c/c(=N/O)c3cc(Cl)cc(Cl)c3o2)cc1. The summed E-state index contributed by atoms with van der Waals surface area (Å²) in [5, 5.41) is 14.2.